The van der Waals surface area contributed by atoms with Crippen molar-refractivity contribution in [1.82, 2.24) is 9.97 Å². The van der Waals surface area contributed by atoms with Crippen molar-refractivity contribution in [2.24, 2.45) is 0 Å². The van der Waals surface area contributed by atoms with E-state index in [2.05, 4.69) is 21.4 Å². The van der Waals surface area contributed by atoms with Gasteiger partial charge in [0.05, 0.1) is 23.5 Å². The number of aromatic nitrogens is 2. The van der Waals surface area contributed by atoms with Crippen molar-refractivity contribution in [1.29, 1.82) is 5.26 Å². The van der Waals surface area contributed by atoms with Crippen LogP contribution in [0.3, 0.4) is 0 Å². The van der Waals surface area contributed by atoms with Crippen LogP contribution in [0.25, 0.3) is 0 Å². The number of carbonyl (C=O) groups excluding carboxylic acids is 1. The summed E-state index contributed by atoms with van der Waals surface area (Å²) in [7, 11) is 0. The zero-order chi connectivity index (χ0) is 14.7. The summed E-state index contributed by atoms with van der Waals surface area (Å²) in [4.78, 5) is 20.6. The zero-order valence-corrected chi connectivity index (χ0v) is 11.5. The molecule has 2 heterocycles. The smallest absolute Gasteiger partial charge is 0.164 e. The Balaban J connectivity index is 1.88. The Hall–Kier alpha value is -2.74. The molecule has 0 unspecified atom stereocenters. The molecule has 0 saturated carbocycles. The van der Waals surface area contributed by atoms with Crippen molar-refractivity contribution in [3.63, 3.8) is 0 Å². The Bertz CT molecular complexity index is 719. The van der Waals surface area contributed by atoms with Gasteiger partial charge in [0.2, 0.25) is 0 Å². The van der Waals surface area contributed by atoms with Crippen LogP contribution in [0.4, 0.5) is 5.82 Å². The van der Waals surface area contributed by atoms with E-state index in [1.165, 1.54) is 0 Å². The maximum absolute atomic E-state index is 11.9. The SMILES string of the molecule is N#Cc1cc2c(nc1NCc1ccccn1)CCCC2=O. The van der Waals surface area contributed by atoms with Gasteiger partial charge in [-0.05, 0) is 31.0 Å². The lowest BCUT2D eigenvalue weighted by Gasteiger charge is -2.16. The molecule has 1 aliphatic rings. The van der Waals surface area contributed by atoms with Gasteiger partial charge in [-0.25, -0.2) is 4.98 Å². The van der Waals surface area contributed by atoms with Crippen LogP contribution in [0.15, 0.2) is 30.5 Å². The molecule has 3 rings (SSSR count). The normalized spacial score (nSPS) is 13.4. The van der Waals surface area contributed by atoms with Gasteiger partial charge in [-0.3, -0.25) is 9.78 Å². The minimum atomic E-state index is 0.0801. The fourth-order valence-corrected chi connectivity index (χ4v) is 2.43. The van der Waals surface area contributed by atoms with Gasteiger partial charge in [0, 0.05) is 18.2 Å². The molecule has 21 heavy (non-hydrogen) atoms. The molecule has 0 fully saturated rings. The number of ketones is 1. The molecule has 2 aromatic rings. The van der Waals surface area contributed by atoms with Crippen LogP contribution in [0.5, 0.6) is 0 Å². The predicted molar refractivity (Wildman–Crippen MR) is 77.8 cm³/mol. The summed E-state index contributed by atoms with van der Waals surface area (Å²) < 4.78 is 0. The molecule has 0 bridgehead atoms. The van der Waals surface area contributed by atoms with E-state index in [1.807, 2.05) is 18.2 Å². The van der Waals surface area contributed by atoms with Crippen LogP contribution in [0, 0.1) is 11.3 Å². The molecule has 5 nitrogen and oxygen atoms in total. The third kappa shape index (κ3) is 2.75. The summed E-state index contributed by atoms with van der Waals surface area (Å²) >= 11 is 0. The minimum Gasteiger partial charge on any atom is -0.363 e. The van der Waals surface area contributed by atoms with Gasteiger partial charge in [0.1, 0.15) is 11.9 Å². The number of nitrogens with zero attached hydrogens (tertiary/aromatic N) is 3. The van der Waals surface area contributed by atoms with E-state index >= 15 is 0 Å². The topological polar surface area (TPSA) is 78.7 Å². The molecule has 0 spiro atoms. The van der Waals surface area contributed by atoms with Crippen molar-refractivity contribution in [3.8, 4) is 6.07 Å². The van der Waals surface area contributed by atoms with Gasteiger partial charge < -0.3 is 5.32 Å². The molecule has 2 aromatic heterocycles. The fraction of sp³-hybridized carbons (Fsp3) is 0.250. The number of fused-ring (bicyclic) bond motifs is 1. The van der Waals surface area contributed by atoms with E-state index < -0.39 is 0 Å². The molecule has 1 aliphatic carbocycles. The van der Waals surface area contributed by atoms with Crippen LogP contribution in [0.1, 0.15) is 40.2 Å². The number of nitriles is 1. The van der Waals surface area contributed by atoms with Crippen molar-refractivity contribution >= 4 is 11.6 Å². The number of hydrogen-bond acceptors (Lipinski definition) is 5. The van der Waals surface area contributed by atoms with E-state index in [0.717, 1.165) is 24.2 Å². The molecule has 104 valence electrons. The van der Waals surface area contributed by atoms with Crippen LogP contribution in [-0.2, 0) is 13.0 Å². The van der Waals surface area contributed by atoms with Crippen LogP contribution < -0.4 is 5.32 Å². The lowest BCUT2D eigenvalue weighted by molar-refractivity contribution is 0.0971. The Kier molecular flexibility index (Phi) is 3.61. The third-order valence-electron chi connectivity index (χ3n) is 3.50. The number of Topliss-reactive ketones (excluding diaryl/α,β-unsaturated/α-hetero) is 1. The number of rotatable bonds is 3. The van der Waals surface area contributed by atoms with E-state index in [1.54, 1.807) is 12.3 Å². The first-order valence-electron chi connectivity index (χ1n) is 6.89. The molecule has 0 aliphatic heterocycles. The van der Waals surface area contributed by atoms with Gasteiger partial charge in [-0.15, -0.1) is 0 Å². The Morgan fingerprint density at radius 1 is 1.33 bits per heavy atom. The average Bonchev–Trinajstić information content (AvgIpc) is 2.53. The highest BCUT2D eigenvalue weighted by atomic mass is 16.1. The summed E-state index contributed by atoms with van der Waals surface area (Å²) in [6, 6.07) is 9.43. The lowest BCUT2D eigenvalue weighted by Crippen LogP contribution is -2.15. The Labute approximate surface area is 122 Å². The maximum atomic E-state index is 11.9. The van der Waals surface area contributed by atoms with E-state index in [-0.39, 0.29) is 5.78 Å². The van der Waals surface area contributed by atoms with Crippen LogP contribution >= 0.6 is 0 Å². The van der Waals surface area contributed by atoms with Crippen molar-refractivity contribution in [2.45, 2.75) is 25.8 Å². The molecule has 5 heteroatoms. The van der Waals surface area contributed by atoms with E-state index in [4.69, 9.17) is 0 Å². The molecular weight excluding hydrogens is 264 g/mol. The number of pyridine rings is 2. The molecule has 0 saturated heterocycles. The van der Waals surface area contributed by atoms with Gasteiger partial charge in [0.15, 0.2) is 5.78 Å². The first-order valence-corrected chi connectivity index (χ1v) is 6.89. The molecule has 1 N–H and O–H groups in total. The quantitative estimate of drug-likeness (QED) is 0.933. The Morgan fingerprint density at radius 2 is 2.24 bits per heavy atom. The highest BCUT2D eigenvalue weighted by Crippen LogP contribution is 2.24. The minimum absolute atomic E-state index is 0.0801. The number of anilines is 1. The van der Waals surface area contributed by atoms with Crippen molar-refractivity contribution in [2.75, 3.05) is 5.32 Å². The second-order valence-electron chi connectivity index (χ2n) is 4.94. The van der Waals surface area contributed by atoms with Crippen molar-refractivity contribution < 1.29 is 4.79 Å². The molecule has 0 radical (unpaired) electrons. The summed E-state index contributed by atoms with van der Waals surface area (Å²) in [5, 5.41) is 12.4. The first-order chi connectivity index (χ1) is 10.3. The lowest BCUT2D eigenvalue weighted by atomic mass is 9.93. The zero-order valence-electron chi connectivity index (χ0n) is 11.5. The number of nitrogens with one attached hydrogen (secondary N) is 1. The first kappa shape index (κ1) is 13.3. The summed E-state index contributed by atoms with van der Waals surface area (Å²) in [5.41, 5.74) is 2.66. The standard InChI is InChI=1S/C16H14N4O/c17-9-11-8-13-14(5-3-6-15(13)21)20-16(11)19-10-12-4-1-2-7-18-12/h1-2,4,7-8H,3,5-6,10H2,(H,19,20). The summed E-state index contributed by atoms with van der Waals surface area (Å²) in [6.45, 7) is 0.495. The van der Waals surface area contributed by atoms with E-state index in [9.17, 15) is 10.1 Å². The molecule has 0 atom stereocenters. The van der Waals surface area contributed by atoms with Gasteiger partial charge in [-0.1, -0.05) is 6.07 Å². The average molecular weight is 278 g/mol. The van der Waals surface area contributed by atoms with E-state index in [0.29, 0.717) is 29.9 Å². The molecule has 0 aromatic carbocycles. The highest BCUT2D eigenvalue weighted by Gasteiger charge is 2.21. The predicted octanol–water partition coefficient (Wildman–Crippen LogP) is 2.48. The van der Waals surface area contributed by atoms with Gasteiger partial charge in [-0.2, -0.15) is 5.26 Å². The van der Waals surface area contributed by atoms with Crippen LogP contribution in [-0.4, -0.2) is 15.8 Å². The second-order valence-corrected chi connectivity index (χ2v) is 4.94. The van der Waals surface area contributed by atoms with Crippen LogP contribution in [0.2, 0.25) is 0 Å². The monoisotopic (exact) mass is 278 g/mol. The van der Waals surface area contributed by atoms with Crippen molar-refractivity contribution in [3.05, 3.63) is 53.0 Å². The Morgan fingerprint density at radius 3 is 3.00 bits per heavy atom. The van der Waals surface area contributed by atoms with Gasteiger partial charge >= 0.3 is 0 Å². The maximum Gasteiger partial charge on any atom is 0.164 e. The number of hydrogen-bond donors (Lipinski definition) is 1. The highest BCUT2D eigenvalue weighted by molar-refractivity contribution is 5.98. The molecular formula is C16H14N4O. The summed E-state index contributed by atoms with van der Waals surface area (Å²) in [6.07, 6.45) is 3.87. The van der Waals surface area contributed by atoms with Gasteiger partial charge in [0.25, 0.3) is 0 Å². The number of aryl methyl sites for hydroxylation is 1. The summed E-state index contributed by atoms with van der Waals surface area (Å²) in [5.74, 6) is 0.605. The largest absolute Gasteiger partial charge is 0.363 e. The number of carbonyl (C=O) groups is 1. The fourth-order valence-electron chi connectivity index (χ4n) is 2.43. The molecule has 0 amide bonds. The third-order valence-corrected chi connectivity index (χ3v) is 3.50. The second kappa shape index (κ2) is 5.71.